The van der Waals surface area contributed by atoms with Crippen LogP contribution in [0.2, 0.25) is 0 Å². The van der Waals surface area contributed by atoms with E-state index in [9.17, 15) is 9.59 Å². The summed E-state index contributed by atoms with van der Waals surface area (Å²) in [7, 11) is 0. The molecule has 28 heavy (non-hydrogen) atoms. The predicted octanol–water partition coefficient (Wildman–Crippen LogP) is 4.48. The maximum Gasteiger partial charge on any atom is 0.338 e. The number of piperidine rings is 1. The van der Waals surface area contributed by atoms with Crippen molar-refractivity contribution in [2.45, 2.75) is 26.3 Å². The van der Waals surface area contributed by atoms with E-state index in [1.807, 2.05) is 12.1 Å². The number of hydrogen-bond donors (Lipinski definition) is 1. The molecule has 0 aromatic heterocycles. The second-order valence-corrected chi connectivity index (χ2v) is 7.90. The van der Waals surface area contributed by atoms with Crippen molar-refractivity contribution in [2.75, 3.05) is 25.0 Å². The smallest absolute Gasteiger partial charge is 0.338 e. The highest BCUT2D eigenvalue weighted by Crippen LogP contribution is 2.21. The van der Waals surface area contributed by atoms with Crippen molar-refractivity contribution in [3.63, 3.8) is 0 Å². The molecule has 0 bridgehead atoms. The van der Waals surface area contributed by atoms with E-state index in [4.69, 9.17) is 4.74 Å². The van der Waals surface area contributed by atoms with Crippen LogP contribution in [0.1, 0.15) is 35.7 Å². The minimum Gasteiger partial charge on any atom is -0.462 e. The van der Waals surface area contributed by atoms with Crippen molar-refractivity contribution < 1.29 is 14.3 Å². The molecule has 1 atom stereocenters. The summed E-state index contributed by atoms with van der Waals surface area (Å²) < 4.78 is 6.05. The first kappa shape index (κ1) is 20.6. The van der Waals surface area contributed by atoms with Gasteiger partial charge in [0.1, 0.15) is 0 Å². The molecule has 2 aromatic rings. The molecule has 2 aromatic carbocycles. The van der Waals surface area contributed by atoms with Crippen LogP contribution < -0.4 is 5.32 Å². The van der Waals surface area contributed by atoms with Gasteiger partial charge in [-0.2, -0.15) is 0 Å². The lowest BCUT2D eigenvalue weighted by atomic mass is 9.96. The van der Waals surface area contributed by atoms with Gasteiger partial charge in [0.15, 0.2) is 0 Å². The molecule has 1 heterocycles. The van der Waals surface area contributed by atoms with E-state index >= 15 is 0 Å². The summed E-state index contributed by atoms with van der Waals surface area (Å²) in [5.74, 6) is -0.352. The molecule has 0 saturated carbocycles. The summed E-state index contributed by atoms with van der Waals surface area (Å²) >= 11 is 3.46. The minimum absolute atomic E-state index is 0.0318. The van der Waals surface area contributed by atoms with Gasteiger partial charge in [0.25, 0.3) is 0 Å². The molecule has 1 amide bonds. The highest BCUT2D eigenvalue weighted by molar-refractivity contribution is 9.10. The Morgan fingerprint density at radius 2 is 1.86 bits per heavy atom. The van der Waals surface area contributed by atoms with E-state index in [1.54, 1.807) is 31.2 Å². The molecule has 148 valence electrons. The molecule has 1 aliphatic rings. The van der Waals surface area contributed by atoms with Gasteiger partial charge in [0.05, 0.1) is 18.1 Å². The third kappa shape index (κ3) is 5.66. The minimum atomic E-state index is -0.351. The average Bonchev–Trinajstić information content (AvgIpc) is 2.71. The van der Waals surface area contributed by atoms with E-state index in [0.29, 0.717) is 17.9 Å². The number of amides is 1. The maximum absolute atomic E-state index is 12.7. The Labute approximate surface area is 174 Å². The zero-order chi connectivity index (χ0) is 19.9. The zero-order valence-corrected chi connectivity index (χ0v) is 17.6. The molecule has 1 N–H and O–H groups in total. The van der Waals surface area contributed by atoms with Crippen LogP contribution in [0, 0.1) is 5.92 Å². The van der Waals surface area contributed by atoms with Crippen molar-refractivity contribution in [2.24, 2.45) is 5.92 Å². The molecule has 1 unspecified atom stereocenters. The molecule has 1 saturated heterocycles. The van der Waals surface area contributed by atoms with E-state index in [1.165, 1.54) is 5.56 Å². The number of rotatable bonds is 6. The van der Waals surface area contributed by atoms with Crippen molar-refractivity contribution >= 4 is 33.5 Å². The molecule has 3 rings (SSSR count). The van der Waals surface area contributed by atoms with Crippen LogP contribution in [-0.4, -0.2) is 36.5 Å². The van der Waals surface area contributed by atoms with Crippen LogP contribution in [0.15, 0.2) is 53.0 Å². The van der Waals surface area contributed by atoms with E-state index in [0.717, 1.165) is 36.9 Å². The first-order valence-electron chi connectivity index (χ1n) is 9.60. The van der Waals surface area contributed by atoms with Gasteiger partial charge in [0.2, 0.25) is 5.91 Å². The topological polar surface area (TPSA) is 58.6 Å². The summed E-state index contributed by atoms with van der Waals surface area (Å²) in [5, 5.41) is 2.98. The molecular weight excluding hydrogens is 420 g/mol. The Hall–Kier alpha value is -2.18. The van der Waals surface area contributed by atoms with Crippen molar-refractivity contribution in [1.82, 2.24) is 4.90 Å². The van der Waals surface area contributed by atoms with E-state index in [-0.39, 0.29) is 17.8 Å². The molecule has 1 fully saturated rings. The molecular formula is C22H25BrN2O3. The number of halogens is 1. The number of carbonyl (C=O) groups is 2. The summed E-state index contributed by atoms with van der Waals surface area (Å²) in [6, 6.07) is 15.1. The summed E-state index contributed by atoms with van der Waals surface area (Å²) in [6.07, 6.45) is 1.90. The molecule has 1 aliphatic heterocycles. The third-order valence-electron chi connectivity index (χ3n) is 4.86. The largest absolute Gasteiger partial charge is 0.462 e. The summed E-state index contributed by atoms with van der Waals surface area (Å²) in [4.78, 5) is 26.7. The summed E-state index contributed by atoms with van der Waals surface area (Å²) in [6.45, 7) is 4.73. The number of ether oxygens (including phenoxy) is 1. The Balaban J connectivity index is 1.55. The van der Waals surface area contributed by atoms with Crippen LogP contribution in [0.4, 0.5) is 5.69 Å². The van der Waals surface area contributed by atoms with Crippen molar-refractivity contribution in [3.05, 3.63) is 64.1 Å². The van der Waals surface area contributed by atoms with Crippen molar-refractivity contribution in [3.8, 4) is 0 Å². The molecule has 0 radical (unpaired) electrons. The summed E-state index contributed by atoms with van der Waals surface area (Å²) in [5.41, 5.74) is 2.43. The second-order valence-electron chi connectivity index (χ2n) is 6.99. The number of anilines is 1. The molecule has 6 heteroatoms. The molecule has 0 aliphatic carbocycles. The van der Waals surface area contributed by atoms with Gasteiger partial charge in [-0.05, 0) is 68.3 Å². The average molecular weight is 445 g/mol. The number of benzene rings is 2. The zero-order valence-electron chi connectivity index (χ0n) is 16.0. The van der Waals surface area contributed by atoms with E-state index < -0.39 is 0 Å². The number of esters is 1. The first-order valence-corrected chi connectivity index (χ1v) is 10.4. The number of likely N-dealkylation sites (tertiary alicyclic amines) is 1. The standard InChI is InChI=1S/C22H25BrN2O3/c1-2-28-22(27)17-7-11-20(12-8-17)24-21(26)18-4-3-13-25(15-18)14-16-5-9-19(23)10-6-16/h5-12,18H,2-4,13-15H2,1H3,(H,24,26). The van der Waals surface area contributed by atoms with E-state index in [2.05, 4.69) is 38.3 Å². The highest BCUT2D eigenvalue weighted by Gasteiger charge is 2.26. The SMILES string of the molecule is CCOC(=O)c1ccc(NC(=O)C2CCCN(Cc3ccc(Br)cc3)C2)cc1. The van der Waals surface area contributed by atoms with Crippen LogP contribution in [0.3, 0.4) is 0 Å². The van der Waals surface area contributed by atoms with Crippen molar-refractivity contribution in [1.29, 1.82) is 0 Å². The van der Waals surface area contributed by atoms with Gasteiger partial charge in [-0.3, -0.25) is 9.69 Å². The quantitative estimate of drug-likeness (QED) is 0.667. The fourth-order valence-corrected chi connectivity index (χ4v) is 3.67. The monoisotopic (exact) mass is 444 g/mol. The van der Waals surface area contributed by atoms with Gasteiger partial charge >= 0.3 is 5.97 Å². The second kappa shape index (κ2) is 9.85. The molecule has 0 spiro atoms. The number of hydrogen-bond acceptors (Lipinski definition) is 4. The normalized spacial score (nSPS) is 17.1. The Morgan fingerprint density at radius 1 is 1.14 bits per heavy atom. The van der Waals surface area contributed by atoms with Gasteiger partial charge in [-0.1, -0.05) is 28.1 Å². The fourth-order valence-electron chi connectivity index (χ4n) is 3.41. The number of carbonyl (C=O) groups excluding carboxylic acids is 2. The van der Waals surface area contributed by atoms with Crippen LogP contribution in [-0.2, 0) is 16.1 Å². The maximum atomic E-state index is 12.7. The lowest BCUT2D eigenvalue weighted by Crippen LogP contribution is -2.40. The highest BCUT2D eigenvalue weighted by atomic mass is 79.9. The Morgan fingerprint density at radius 3 is 2.54 bits per heavy atom. The van der Waals surface area contributed by atoms with Gasteiger partial charge in [-0.15, -0.1) is 0 Å². The third-order valence-corrected chi connectivity index (χ3v) is 5.39. The Bertz CT molecular complexity index is 806. The van der Waals surface area contributed by atoms with Gasteiger partial charge in [0, 0.05) is 23.2 Å². The predicted molar refractivity (Wildman–Crippen MR) is 113 cm³/mol. The van der Waals surface area contributed by atoms with Crippen LogP contribution >= 0.6 is 15.9 Å². The lowest BCUT2D eigenvalue weighted by molar-refractivity contribution is -0.121. The van der Waals surface area contributed by atoms with Crippen LogP contribution in [0.25, 0.3) is 0 Å². The fraction of sp³-hybridized carbons (Fsp3) is 0.364. The first-order chi connectivity index (χ1) is 13.5. The van der Waals surface area contributed by atoms with Gasteiger partial charge in [-0.25, -0.2) is 4.79 Å². The lowest BCUT2D eigenvalue weighted by Gasteiger charge is -2.32. The van der Waals surface area contributed by atoms with Crippen LogP contribution in [0.5, 0.6) is 0 Å². The molecule has 5 nitrogen and oxygen atoms in total. The Kier molecular flexibility index (Phi) is 7.23. The van der Waals surface area contributed by atoms with Gasteiger partial charge < -0.3 is 10.1 Å². The number of nitrogens with one attached hydrogen (secondary N) is 1. The number of nitrogens with zero attached hydrogens (tertiary/aromatic N) is 1.